The van der Waals surface area contributed by atoms with Gasteiger partial charge < -0.3 is 10.0 Å². The van der Waals surface area contributed by atoms with Crippen molar-refractivity contribution in [1.29, 1.82) is 0 Å². The van der Waals surface area contributed by atoms with Crippen molar-refractivity contribution in [2.24, 2.45) is 7.05 Å². The van der Waals surface area contributed by atoms with E-state index in [9.17, 15) is 19.5 Å². The predicted molar refractivity (Wildman–Crippen MR) is 67.8 cm³/mol. The highest BCUT2D eigenvalue weighted by molar-refractivity contribution is 5.76. The molecule has 2 rings (SSSR count). The highest BCUT2D eigenvalue weighted by Crippen LogP contribution is 2.10. The van der Waals surface area contributed by atoms with Gasteiger partial charge in [-0.1, -0.05) is 0 Å². The van der Waals surface area contributed by atoms with Gasteiger partial charge in [-0.25, -0.2) is 4.79 Å². The average molecular weight is 267 g/mol. The van der Waals surface area contributed by atoms with E-state index in [1.54, 1.807) is 4.90 Å². The molecule has 2 heterocycles. The fourth-order valence-corrected chi connectivity index (χ4v) is 2.16. The second-order valence-corrected chi connectivity index (χ2v) is 4.76. The summed E-state index contributed by atoms with van der Waals surface area (Å²) in [4.78, 5) is 36.6. The standard InChI is InChI=1S/C12H17N3O4/c1-13-10(17)4-6-15(12(13)19)8-11(18)14-5-2-3-9(16)7-14/h4,6,9,16H,2-3,5,7-8H2,1H3/t9-/m0/s1. The lowest BCUT2D eigenvalue weighted by molar-refractivity contribution is -0.134. The predicted octanol–water partition coefficient (Wildman–Crippen LogP) is -1.47. The van der Waals surface area contributed by atoms with Gasteiger partial charge in [-0.2, -0.15) is 0 Å². The molecule has 0 aromatic carbocycles. The average Bonchev–Trinajstić information content (AvgIpc) is 2.39. The van der Waals surface area contributed by atoms with Gasteiger partial charge in [-0.15, -0.1) is 0 Å². The van der Waals surface area contributed by atoms with Crippen LogP contribution in [0.1, 0.15) is 12.8 Å². The lowest BCUT2D eigenvalue weighted by Crippen LogP contribution is -2.46. The lowest BCUT2D eigenvalue weighted by Gasteiger charge is -2.30. The summed E-state index contributed by atoms with van der Waals surface area (Å²) in [6, 6.07) is 1.25. The molecule has 1 aromatic rings. The second-order valence-electron chi connectivity index (χ2n) is 4.76. The molecule has 7 nitrogen and oxygen atoms in total. The van der Waals surface area contributed by atoms with Crippen LogP contribution >= 0.6 is 0 Å². The van der Waals surface area contributed by atoms with Crippen molar-refractivity contribution in [2.45, 2.75) is 25.5 Å². The molecule has 1 aromatic heterocycles. The van der Waals surface area contributed by atoms with Crippen LogP contribution in [0.15, 0.2) is 21.9 Å². The fourth-order valence-electron chi connectivity index (χ4n) is 2.16. The summed E-state index contributed by atoms with van der Waals surface area (Å²) < 4.78 is 2.16. The first-order valence-corrected chi connectivity index (χ1v) is 6.21. The van der Waals surface area contributed by atoms with E-state index < -0.39 is 17.4 Å². The number of aliphatic hydroxyl groups excluding tert-OH is 1. The number of piperidine rings is 1. The van der Waals surface area contributed by atoms with Crippen LogP contribution in [-0.4, -0.2) is 44.2 Å². The van der Waals surface area contributed by atoms with E-state index in [4.69, 9.17) is 0 Å². The Morgan fingerprint density at radius 2 is 2.21 bits per heavy atom. The summed E-state index contributed by atoms with van der Waals surface area (Å²) in [6.07, 6.45) is 2.29. The van der Waals surface area contributed by atoms with Crippen molar-refractivity contribution in [3.63, 3.8) is 0 Å². The molecule has 0 bridgehead atoms. The van der Waals surface area contributed by atoms with Gasteiger partial charge in [0.05, 0.1) is 6.10 Å². The number of carbonyl (C=O) groups is 1. The normalized spacial score (nSPS) is 19.5. The van der Waals surface area contributed by atoms with Crippen molar-refractivity contribution in [3.8, 4) is 0 Å². The number of rotatable bonds is 2. The van der Waals surface area contributed by atoms with Crippen LogP contribution in [0.25, 0.3) is 0 Å². The number of likely N-dealkylation sites (tertiary alicyclic amines) is 1. The number of aromatic nitrogens is 2. The number of hydrogen-bond acceptors (Lipinski definition) is 4. The van der Waals surface area contributed by atoms with Gasteiger partial charge in [0, 0.05) is 32.4 Å². The molecular weight excluding hydrogens is 250 g/mol. The third-order valence-electron chi connectivity index (χ3n) is 3.32. The molecule has 0 saturated carbocycles. The van der Waals surface area contributed by atoms with Crippen LogP contribution in [0, 0.1) is 0 Å². The number of β-amino-alcohol motifs (C(OH)–C–C–N with tert-alkyl or cyclic N) is 1. The molecule has 19 heavy (non-hydrogen) atoms. The van der Waals surface area contributed by atoms with Crippen molar-refractivity contribution in [1.82, 2.24) is 14.0 Å². The molecule has 0 aliphatic carbocycles. The van der Waals surface area contributed by atoms with Gasteiger partial charge in [0.15, 0.2) is 0 Å². The first-order valence-electron chi connectivity index (χ1n) is 6.21. The molecule has 1 amide bonds. The van der Waals surface area contributed by atoms with E-state index in [-0.39, 0.29) is 12.5 Å². The van der Waals surface area contributed by atoms with Gasteiger partial charge in [0.2, 0.25) is 5.91 Å². The summed E-state index contributed by atoms with van der Waals surface area (Å²) >= 11 is 0. The van der Waals surface area contributed by atoms with Crippen molar-refractivity contribution in [3.05, 3.63) is 33.1 Å². The van der Waals surface area contributed by atoms with Crippen LogP contribution in [0.3, 0.4) is 0 Å². The van der Waals surface area contributed by atoms with Gasteiger partial charge in [0.25, 0.3) is 5.56 Å². The molecule has 0 unspecified atom stereocenters. The summed E-state index contributed by atoms with van der Waals surface area (Å²) in [6.45, 7) is 0.787. The van der Waals surface area contributed by atoms with E-state index in [1.807, 2.05) is 0 Å². The van der Waals surface area contributed by atoms with Crippen molar-refractivity contribution in [2.75, 3.05) is 13.1 Å². The highest BCUT2D eigenvalue weighted by atomic mass is 16.3. The molecule has 1 aliphatic rings. The SMILES string of the molecule is Cn1c(=O)ccn(CC(=O)N2CCC[C@H](O)C2)c1=O. The van der Waals surface area contributed by atoms with Crippen LogP contribution in [-0.2, 0) is 18.4 Å². The Labute approximate surface area is 109 Å². The zero-order valence-corrected chi connectivity index (χ0v) is 10.8. The van der Waals surface area contributed by atoms with Gasteiger partial charge in [-0.3, -0.25) is 18.7 Å². The summed E-state index contributed by atoms with van der Waals surface area (Å²) in [7, 11) is 1.37. The van der Waals surface area contributed by atoms with E-state index in [2.05, 4.69) is 0 Å². The number of aliphatic hydroxyl groups is 1. The molecule has 1 N–H and O–H groups in total. The first kappa shape index (κ1) is 13.5. The van der Waals surface area contributed by atoms with Gasteiger partial charge in [0.1, 0.15) is 6.54 Å². The first-order chi connectivity index (χ1) is 8.99. The Balaban J connectivity index is 2.13. The monoisotopic (exact) mass is 267 g/mol. The minimum Gasteiger partial charge on any atom is -0.391 e. The van der Waals surface area contributed by atoms with E-state index >= 15 is 0 Å². The molecular formula is C12H17N3O4. The molecule has 1 aliphatic heterocycles. The Hall–Kier alpha value is -1.89. The number of nitrogens with zero attached hydrogens (tertiary/aromatic N) is 3. The van der Waals surface area contributed by atoms with E-state index in [0.717, 1.165) is 11.0 Å². The maximum absolute atomic E-state index is 12.0. The van der Waals surface area contributed by atoms with E-state index in [1.165, 1.54) is 23.9 Å². The second kappa shape index (κ2) is 5.40. The molecule has 0 radical (unpaired) electrons. The highest BCUT2D eigenvalue weighted by Gasteiger charge is 2.22. The molecule has 1 atom stereocenters. The third kappa shape index (κ3) is 2.93. The smallest absolute Gasteiger partial charge is 0.331 e. The molecule has 1 saturated heterocycles. The van der Waals surface area contributed by atoms with Crippen molar-refractivity contribution < 1.29 is 9.90 Å². The minimum absolute atomic E-state index is 0.111. The lowest BCUT2D eigenvalue weighted by atomic mass is 10.1. The van der Waals surface area contributed by atoms with Crippen LogP contribution in [0.5, 0.6) is 0 Å². The zero-order chi connectivity index (χ0) is 14.0. The Kier molecular flexibility index (Phi) is 3.84. The van der Waals surface area contributed by atoms with Gasteiger partial charge >= 0.3 is 5.69 Å². The summed E-state index contributed by atoms with van der Waals surface area (Å²) in [5, 5.41) is 9.52. The number of carbonyl (C=O) groups excluding carboxylic acids is 1. The summed E-state index contributed by atoms with van der Waals surface area (Å²) in [5.74, 6) is -0.223. The third-order valence-corrected chi connectivity index (χ3v) is 3.32. The largest absolute Gasteiger partial charge is 0.391 e. The molecule has 7 heteroatoms. The topological polar surface area (TPSA) is 84.5 Å². The minimum atomic E-state index is -0.515. The number of amides is 1. The quantitative estimate of drug-likeness (QED) is 0.709. The molecule has 104 valence electrons. The maximum Gasteiger partial charge on any atom is 0.331 e. The molecule has 1 fully saturated rings. The Morgan fingerprint density at radius 1 is 1.47 bits per heavy atom. The zero-order valence-electron chi connectivity index (χ0n) is 10.8. The molecule has 0 spiro atoms. The fraction of sp³-hybridized carbons (Fsp3) is 0.583. The van der Waals surface area contributed by atoms with Crippen molar-refractivity contribution >= 4 is 5.91 Å². The van der Waals surface area contributed by atoms with Gasteiger partial charge in [-0.05, 0) is 12.8 Å². The van der Waals surface area contributed by atoms with Crippen LogP contribution in [0.2, 0.25) is 0 Å². The van der Waals surface area contributed by atoms with E-state index in [0.29, 0.717) is 19.5 Å². The number of hydrogen-bond donors (Lipinski definition) is 1. The van der Waals surface area contributed by atoms with Crippen LogP contribution < -0.4 is 11.2 Å². The maximum atomic E-state index is 12.0. The van der Waals surface area contributed by atoms with Crippen LogP contribution in [0.4, 0.5) is 0 Å². The Morgan fingerprint density at radius 3 is 2.89 bits per heavy atom. The Bertz CT molecular complexity index is 589. The summed E-state index contributed by atoms with van der Waals surface area (Å²) in [5.41, 5.74) is -0.916.